The van der Waals surface area contributed by atoms with E-state index >= 15 is 0 Å². The summed E-state index contributed by atoms with van der Waals surface area (Å²) in [7, 11) is 0. The van der Waals surface area contributed by atoms with E-state index in [2.05, 4.69) is 17.2 Å². The highest BCUT2D eigenvalue weighted by atomic mass is 19.1. The van der Waals surface area contributed by atoms with Crippen LogP contribution in [0.4, 0.5) is 4.39 Å². The van der Waals surface area contributed by atoms with Gasteiger partial charge in [0.1, 0.15) is 11.6 Å². The first kappa shape index (κ1) is 12.5. The van der Waals surface area contributed by atoms with Gasteiger partial charge in [0, 0.05) is 30.6 Å². The molecule has 86 valence electrons. The number of phenols is 1. The summed E-state index contributed by atoms with van der Waals surface area (Å²) in [4.78, 5) is 0. The van der Waals surface area contributed by atoms with Crippen molar-refractivity contribution in [2.24, 2.45) is 0 Å². The molecule has 1 aromatic rings. The van der Waals surface area contributed by atoms with Gasteiger partial charge in [-0.25, -0.2) is 4.39 Å². The molecule has 2 N–H and O–H groups in total. The normalized spacial score (nSPS) is 11.7. The van der Waals surface area contributed by atoms with Crippen molar-refractivity contribution in [3.05, 3.63) is 29.6 Å². The van der Waals surface area contributed by atoms with Gasteiger partial charge in [0.15, 0.2) is 0 Å². The molecule has 0 aliphatic carbocycles. The molecule has 16 heavy (non-hydrogen) atoms. The molecule has 3 heteroatoms. The van der Waals surface area contributed by atoms with E-state index in [0.29, 0.717) is 5.56 Å². The molecule has 1 aromatic carbocycles. The van der Waals surface area contributed by atoms with Crippen molar-refractivity contribution in [2.45, 2.75) is 26.3 Å². The summed E-state index contributed by atoms with van der Waals surface area (Å²) in [6.45, 7) is 4.47. The summed E-state index contributed by atoms with van der Waals surface area (Å²) in [5.41, 5.74) is 0.700. The number of phenolic OH excluding ortho intramolecular Hbond substituents is 1. The van der Waals surface area contributed by atoms with Gasteiger partial charge in [0.2, 0.25) is 0 Å². The van der Waals surface area contributed by atoms with Crippen LogP contribution < -0.4 is 5.32 Å². The maximum absolute atomic E-state index is 12.8. The predicted molar refractivity (Wildman–Crippen MR) is 62.5 cm³/mol. The average Bonchev–Trinajstić information content (AvgIpc) is 2.24. The highest BCUT2D eigenvalue weighted by Crippen LogP contribution is 2.24. The van der Waals surface area contributed by atoms with Crippen molar-refractivity contribution < 1.29 is 9.50 Å². The summed E-state index contributed by atoms with van der Waals surface area (Å²) >= 11 is 0. The molecular weight excluding hydrogens is 205 g/mol. The van der Waals surface area contributed by atoms with Gasteiger partial charge in [-0.3, -0.25) is 0 Å². The van der Waals surface area contributed by atoms with E-state index in [1.807, 2.05) is 6.92 Å². The first-order valence-electron chi connectivity index (χ1n) is 5.26. The maximum Gasteiger partial charge on any atom is 0.126 e. The summed E-state index contributed by atoms with van der Waals surface area (Å²) in [6, 6.07) is 4.05. The largest absolute Gasteiger partial charge is 0.508 e. The van der Waals surface area contributed by atoms with Crippen molar-refractivity contribution in [2.75, 3.05) is 6.54 Å². The zero-order valence-electron chi connectivity index (χ0n) is 9.55. The Labute approximate surface area is 95.5 Å². The standard InChI is InChI=1S/C13H16FNO/c1-3-4-5-8-15-10(2)12-7-6-11(14)9-13(12)16/h6-7,9-10,15-16H,5,8H2,1-2H3. The van der Waals surface area contributed by atoms with Crippen LogP contribution in [0, 0.1) is 17.7 Å². The Bertz CT molecular complexity index is 406. The number of rotatable bonds is 4. The Morgan fingerprint density at radius 3 is 2.88 bits per heavy atom. The molecule has 0 fully saturated rings. The molecule has 0 saturated heterocycles. The molecular formula is C13H16FNO. The Kier molecular flexibility index (Phi) is 4.81. The van der Waals surface area contributed by atoms with Crippen LogP contribution in [-0.2, 0) is 0 Å². The Hall–Kier alpha value is -1.53. The average molecular weight is 221 g/mol. The van der Waals surface area contributed by atoms with Crippen LogP contribution in [0.3, 0.4) is 0 Å². The first-order chi connectivity index (χ1) is 7.65. The maximum atomic E-state index is 12.8. The third-order valence-corrected chi connectivity index (χ3v) is 2.34. The third-order valence-electron chi connectivity index (χ3n) is 2.34. The number of benzene rings is 1. The second kappa shape index (κ2) is 6.14. The van der Waals surface area contributed by atoms with Crippen LogP contribution >= 0.6 is 0 Å². The Morgan fingerprint density at radius 1 is 1.50 bits per heavy atom. The van der Waals surface area contributed by atoms with E-state index in [1.54, 1.807) is 13.0 Å². The molecule has 1 rings (SSSR count). The van der Waals surface area contributed by atoms with Crippen molar-refractivity contribution in [3.63, 3.8) is 0 Å². The molecule has 0 aliphatic rings. The van der Waals surface area contributed by atoms with Crippen LogP contribution in [0.2, 0.25) is 0 Å². The van der Waals surface area contributed by atoms with Gasteiger partial charge in [-0.05, 0) is 19.9 Å². The number of halogens is 1. The second-order valence-electron chi connectivity index (χ2n) is 3.56. The number of hydrogen-bond acceptors (Lipinski definition) is 2. The zero-order chi connectivity index (χ0) is 12.0. The van der Waals surface area contributed by atoms with E-state index in [0.717, 1.165) is 19.0 Å². The Morgan fingerprint density at radius 2 is 2.25 bits per heavy atom. The smallest absolute Gasteiger partial charge is 0.126 e. The third kappa shape index (κ3) is 3.56. The fourth-order valence-electron chi connectivity index (χ4n) is 1.47. The van der Waals surface area contributed by atoms with Gasteiger partial charge in [-0.15, -0.1) is 11.8 Å². The monoisotopic (exact) mass is 221 g/mol. The van der Waals surface area contributed by atoms with Gasteiger partial charge in [0.05, 0.1) is 0 Å². The molecule has 1 atom stereocenters. The number of hydrogen-bond donors (Lipinski definition) is 2. The van der Waals surface area contributed by atoms with E-state index in [9.17, 15) is 9.50 Å². The lowest BCUT2D eigenvalue weighted by atomic mass is 10.1. The SMILES string of the molecule is CC#CCCNC(C)c1ccc(F)cc1O. The fraction of sp³-hybridized carbons (Fsp3) is 0.385. The molecule has 0 spiro atoms. The first-order valence-corrected chi connectivity index (χ1v) is 5.26. The minimum absolute atomic E-state index is 0.0124. The van der Waals surface area contributed by atoms with Crippen molar-refractivity contribution in [1.82, 2.24) is 5.32 Å². The van der Waals surface area contributed by atoms with E-state index < -0.39 is 5.82 Å². The van der Waals surface area contributed by atoms with E-state index in [4.69, 9.17) is 0 Å². The second-order valence-corrected chi connectivity index (χ2v) is 3.56. The molecule has 0 bridgehead atoms. The predicted octanol–water partition coefficient (Wildman–Crippen LogP) is 2.60. The molecule has 0 aromatic heterocycles. The molecule has 0 heterocycles. The van der Waals surface area contributed by atoms with Gasteiger partial charge in [-0.2, -0.15) is 0 Å². The summed E-state index contributed by atoms with van der Waals surface area (Å²) in [5.74, 6) is 5.32. The van der Waals surface area contributed by atoms with Crippen molar-refractivity contribution >= 4 is 0 Å². The number of aromatic hydroxyl groups is 1. The lowest BCUT2D eigenvalue weighted by Gasteiger charge is -2.14. The lowest BCUT2D eigenvalue weighted by Crippen LogP contribution is -2.19. The van der Waals surface area contributed by atoms with Crippen molar-refractivity contribution in [1.29, 1.82) is 0 Å². The minimum atomic E-state index is -0.426. The minimum Gasteiger partial charge on any atom is -0.508 e. The molecule has 0 amide bonds. The highest BCUT2D eigenvalue weighted by Gasteiger charge is 2.09. The Balaban J connectivity index is 2.57. The summed E-state index contributed by atoms with van der Waals surface area (Å²) < 4.78 is 12.8. The number of nitrogens with one attached hydrogen (secondary N) is 1. The molecule has 2 nitrogen and oxygen atoms in total. The summed E-state index contributed by atoms with van der Waals surface area (Å²) in [5, 5.41) is 12.8. The van der Waals surface area contributed by atoms with Crippen LogP contribution in [0.1, 0.15) is 31.9 Å². The lowest BCUT2D eigenvalue weighted by molar-refractivity contribution is 0.448. The van der Waals surface area contributed by atoms with Crippen LogP contribution in [0.15, 0.2) is 18.2 Å². The van der Waals surface area contributed by atoms with Gasteiger partial charge in [0.25, 0.3) is 0 Å². The van der Waals surface area contributed by atoms with Crippen LogP contribution in [0.5, 0.6) is 5.75 Å². The van der Waals surface area contributed by atoms with Gasteiger partial charge < -0.3 is 10.4 Å². The molecule has 1 unspecified atom stereocenters. The zero-order valence-corrected chi connectivity index (χ0v) is 9.55. The van der Waals surface area contributed by atoms with Crippen LogP contribution in [-0.4, -0.2) is 11.7 Å². The van der Waals surface area contributed by atoms with E-state index in [-0.39, 0.29) is 11.8 Å². The summed E-state index contributed by atoms with van der Waals surface area (Å²) in [6.07, 6.45) is 0.767. The molecule has 0 aliphatic heterocycles. The van der Waals surface area contributed by atoms with Gasteiger partial charge in [-0.1, -0.05) is 6.07 Å². The topological polar surface area (TPSA) is 32.3 Å². The quantitative estimate of drug-likeness (QED) is 0.605. The fourth-order valence-corrected chi connectivity index (χ4v) is 1.47. The van der Waals surface area contributed by atoms with E-state index in [1.165, 1.54) is 6.07 Å². The highest BCUT2D eigenvalue weighted by molar-refractivity contribution is 5.34. The van der Waals surface area contributed by atoms with Crippen LogP contribution in [0.25, 0.3) is 0 Å². The van der Waals surface area contributed by atoms with Crippen molar-refractivity contribution in [3.8, 4) is 17.6 Å². The van der Waals surface area contributed by atoms with Gasteiger partial charge >= 0.3 is 0 Å². The molecule has 0 radical (unpaired) electrons. The molecule has 0 saturated carbocycles.